The first kappa shape index (κ1) is 17.1. The van der Waals surface area contributed by atoms with E-state index in [4.69, 9.17) is 4.74 Å². The fraction of sp³-hybridized carbons (Fsp3) is 0.350. The molecule has 0 bridgehead atoms. The molecule has 0 aromatic heterocycles. The highest BCUT2D eigenvalue weighted by Crippen LogP contribution is 2.22. The van der Waals surface area contributed by atoms with Crippen molar-refractivity contribution in [3.05, 3.63) is 58.7 Å². The molecule has 0 saturated carbocycles. The van der Waals surface area contributed by atoms with Crippen LogP contribution in [0.15, 0.2) is 36.4 Å². The second-order valence-corrected chi connectivity index (χ2v) is 6.04. The Morgan fingerprint density at radius 2 is 1.78 bits per heavy atom. The smallest absolute Gasteiger partial charge is 0.265 e. The third kappa shape index (κ3) is 4.35. The number of ether oxygens (including phenoxy) is 1. The summed E-state index contributed by atoms with van der Waals surface area (Å²) < 4.78 is 5.81. The molecule has 0 fully saturated rings. The highest BCUT2D eigenvalue weighted by molar-refractivity contribution is 5.95. The number of anilines is 1. The minimum atomic E-state index is -0.555. The van der Waals surface area contributed by atoms with E-state index < -0.39 is 6.10 Å². The first-order chi connectivity index (χ1) is 10.9. The first-order valence-corrected chi connectivity index (χ1v) is 8.05. The summed E-state index contributed by atoms with van der Waals surface area (Å²) in [5, 5.41) is 3.02. The number of carbonyl (C=O) groups excluding carboxylic acids is 1. The van der Waals surface area contributed by atoms with E-state index in [1.807, 2.05) is 51.1 Å². The van der Waals surface area contributed by atoms with Crippen LogP contribution in [0.25, 0.3) is 0 Å². The Balaban J connectivity index is 2.11. The molecule has 122 valence electrons. The molecule has 0 radical (unpaired) electrons. The van der Waals surface area contributed by atoms with Crippen LogP contribution in [0.2, 0.25) is 0 Å². The van der Waals surface area contributed by atoms with E-state index in [2.05, 4.69) is 18.3 Å². The molecule has 3 nitrogen and oxygen atoms in total. The zero-order valence-corrected chi connectivity index (χ0v) is 14.6. The molecule has 0 heterocycles. The average molecular weight is 311 g/mol. The van der Waals surface area contributed by atoms with Crippen molar-refractivity contribution in [3.63, 3.8) is 0 Å². The maximum atomic E-state index is 12.5. The van der Waals surface area contributed by atoms with Crippen LogP contribution in [0, 0.1) is 20.8 Å². The van der Waals surface area contributed by atoms with Crippen molar-refractivity contribution < 1.29 is 9.53 Å². The van der Waals surface area contributed by atoms with Gasteiger partial charge in [0.15, 0.2) is 6.10 Å². The van der Waals surface area contributed by atoms with Gasteiger partial charge in [-0.15, -0.1) is 0 Å². The van der Waals surface area contributed by atoms with Crippen molar-refractivity contribution in [2.75, 3.05) is 5.32 Å². The summed E-state index contributed by atoms with van der Waals surface area (Å²) in [5.41, 5.74) is 5.35. The third-order valence-electron chi connectivity index (χ3n) is 3.87. The zero-order valence-electron chi connectivity index (χ0n) is 14.6. The maximum absolute atomic E-state index is 12.5. The lowest BCUT2D eigenvalue weighted by atomic mass is 10.1. The maximum Gasteiger partial charge on any atom is 0.265 e. The number of hydrogen-bond acceptors (Lipinski definition) is 2. The van der Waals surface area contributed by atoms with E-state index in [0.717, 1.165) is 40.1 Å². The van der Waals surface area contributed by atoms with E-state index >= 15 is 0 Å². The SMILES string of the molecule is CCc1cccc(C)c1NC(=O)[C@@H](C)Oc1cc(C)cc(C)c1. The highest BCUT2D eigenvalue weighted by Gasteiger charge is 2.17. The molecule has 0 aliphatic heterocycles. The zero-order chi connectivity index (χ0) is 17.0. The van der Waals surface area contributed by atoms with Gasteiger partial charge in [0.1, 0.15) is 5.75 Å². The molecular weight excluding hydrogens is 286 g/mol. The standard InChI is InChI=1S/C20H25NO2/c1-6-17-9-7-8-15(4)19(17)21-20(22)16(5)23-18-11-13(2)10-14(3)12-18/h7-12,16H,6H2,1-5H3,(H,21,22)/t16-/m1/s1. The lowest BCUT2D eigenvalue weighted by molar-refractivity contribution is -0.122. The minimum absolute atomic E-state index is 0.131. The van der Waals surface area contributed by atoms with E-state index in [1.165, 1.54) is 0 Å². The molecule has 2 rings (SSSR count). The summed E-state index contributed by atoms with van der Waals surface area (Å²) in [6.07, 6.45) is 0.323. The first-order valence-electron chi connectivity index (χ1n) is 8.05. The molecule has 23 heavy (non-hydrogen) atoms. The molecule has 2 aromatic carbocycles. The largest absolute Gasteiger partial charge is 0.481 e. The van der Waals surface area contributed by atoms with Crippen LogP contribution < -0.4 is 10.1 Å². The Morgan fingerprint density at radius 3 is 2.39 bits per heavy atom. The summed E-state index contributed by atoms with van der Waals surface area (Å²) in [6, 6.07) is 12.0. The topological polar surface area (TPSA) is 38.3 Å². The third-order valence-corrected chi connectivity index (χ3v) is 3.87. The highest BCUT2D eigenvalue weighted by atomic mass is 16.5. The second-order valence-electron chi connectivity index (χ2n) is 6.04. The summed E-state index contributed by atoms with van der Waals surface area (Å²) in [7, 11) is 0. The second kappa shape index (κ2) is 7.32. The van der Waals surface area contributed by atoms with E-state index in [-0.39, 0.29) is 5.91 Å². The number of aryl methyl sites for hydroxylation is 4. The Labute approximate surface area is 138 Å². The van der Waals surface area contributed by atoms with Gasteiger partial charge >= 0.3 is 0 Å². The van der Waals surface area contributed by atoms with Crippen molar-refractivity contribution in [3.8, 4) is 5.75 Å². The number of carbonyl (C=O) groups is 1. The predicted octanol–water partition coefficient (Wildman–Crippen LogP) is 4.58. The normalized spacial score (nSPS) is 11.9. The van der Waals surface area contributed by atoms with Gasteiger partial charge in [-0.05, 0) is 68.5 Å². The molecule has 2 aromatic rings. The lowest BCUT2D eigenvalue weighted by Crippen LogP contribution is -2.30. The van der Waals surface area contributed by atoms with Crippen LogP contribution in [0.5, 0.6) is 5.75 Å². The van der Waals surface area contributed by atoms with Gasteiger partial charge in [0, 0.05) is 5.69 Å². The van der Waals surface area contributed by atoms with Gasteiger partial charge in [-0.25, -0.2) is 0 Å². The van der Waals surface area contributed by atoms with Crippen molar-refractivity contribution in [1.82, 2.24) is 0 Å². The Morgan fingerprint density at radius 1 is 1.13 bits per heavy atom. The average Bonchev–Trinajstić information content (AvgIpc) is 2.48. The number of benzene rings is 2. The van der Waals surface area contributed by atoms with Crippen molar-refractivity contribution in [1.29, 1.82) is 0 Å². The quantitative estimate of drug-likeness (QED) is 0.877. The van der Waals surface area contributed by atoms with E-state index in [0.29, 0.717) is 0 Å². The van der Waals surface area contributed by atoms with Crippen LogP contribution in [0.4, 0.5) is 5.69 Å². The minimum Gasteiger partial charge on any atom is -0.481 e. The van der Waals surface area contributed by atoms with Crippen LogP contribution in [-0.2, 0) is 11.2 Å². The molecule has 0 aliphatic rings. The summed E-state index contributed by atoms with van der Waals surface area (Å²) >= 11 is 0. The monoisotopic (exact) mass is 311 g/mol. The van der Waals surface area contributed by atoms with Gasteiger partial charge in [-0.3, -0.25) is 4.79 Å². The number of rotatable bonds is 5. The molecule has 0 saturated heterocycles. The Bertz CT molecular complexity index is 687. The van der Waals surface area contributed by atoms with Gasteiger partial charge in [-0.2, -0.15) is 0 Å². The molecular formula is C20H25NO2. The summed E-state index contributed by atoms with van der Waals surface area (Å²) in [6.45, 7) is 9.90. The predicted molar refractivity (Wildman–Crippen MR) is 95.2 cm³/mol. The molecule has 0 spiro atoms. The molecule has 0 unspecified atom stereocenters. The Hall–Kier alpha value is -2.29. The van der Waals surface area contributed by atoms with Crippen molar-refractivity contribution >= 4 is 11.6 Å². The molecule has 0 aliphatic carbocycles. The number of nitrogens with one attached hydrogen (secondary N) is 1. The van der Waals surface area contributed by atoms with Gasteiger partial charge in [0.2, 0.25) is 0 Å². The van der Waals surface area contributed by atoms with Crippen molar-refractivity contribution in [2.45, 2.75) is 47.1 Å². The molecule has 1 N–H and O–H groups in total. The summed E-state index contributed by atoms with van der Waals surface area (Å²) in [4.78, 5) is 12.5. The lowest BCUT2D eigenvalue weighted by Gasteiger charge is -2.18. The number of hydrogen-bond donors (Lipinski definition) is 1. The van der Waals surface area contributed by atoms with Crippen LogP contribution >= 0.6 is 0 Å². The van der Waals surface area contributed by atoms with Crippen molar-refractivity contribution in [2.24, 2.45) is 0 Å². The fourth-order valence-corrected chi connectivity index (χ4v) is 2.69. The fourth-order valence-electron chi connectivity index (χ4n) is 2.69. The van der Waals surface area contributed by atoms with Crippen LogP contribution in [0.1, 0.15) is 36.1 Å². The van der Waals surface area contributed by atoms with E-state index in [1.54, 1.807) is 6.92 Å². The Kier molecular flexibility index (Phi) is 5.43. The molecule has 1 amide bonds. The van der Waals surface area contributed by atoms with Gasteiger partial charge in [0.25, 0.3) is 5.91 Å². The van der Waals surface area contributed by atoms with Crippen LogP contribution in [-0.4, -0.2) is 12.0 Å². The van der Waals surface area contributed by atoms with Crippen LogP contribution in [0.3, 0.4) is 0 Å². The van der Waals surface area contributed by atoms with Gasteiger partial charge < -0.3 is 10.1 Å². The van der Waals surface area contributed by atoms with Gasteiger partial charge in [-0.1, -0.05) is 31.2 Å². The number of amides is 1. The summed E-state index contributed by atoms with van der Waals surface area (Å²) in [5.74, 6) is 0.596. The van der Waals surface area contributed by atoms with E-state index in [9.17, 15) is 4.79 Å². The van der Waals surface area contributed by atoms with Gasteiger partial charge in [0.05, 0.1) is 0 Å². The molecule has 1 atom stereocenters. The molecule has 3 heteroatoms. The number of para-hydroxylation sites is 1.